The Kier molecular flexibility index (Phi) is 3.37. The van der Waals surface area contributed by atoms with Gasteiger partial charge in [0.1, 0.15) is 5.82 Å². The molecule has 0 aliphatic carbocycles. The van der Waals surface area contributed by atoms with Gasteiger partial charge in [-0.15, -0.1) is 0 Å². The lowest BCUT2D eigenvalue weighted by Gasteiger charge is -2.22. The maximum atomic E-state index is 12.8. The number of aromatic nitrogens is 4. The van der Waals surface area contributed by atoms with E-state index in [0.717, 1.165) is 24.4 Å². The molecule has 0 N–H and O–H groups in total. The quantitative estimate of drug-likeness (QED) is 0.847. The van der Waals surface area contributed by atoms with E-state index in [4.69, 9.17) is 0 Å². The van der Waals surface area contributed by atoms with E-state index < -0.39 is 10.0 Å². The highest BCUT2D eigenvalue weighted by Gasteiger charge is 2.39. The zero-order chi connectivity index (χ0) is 15.2. The summed E-state index contributed by atoms with van der Waals surface area (Å²) >= 11 is 0. The average molecular weight is 309 g/mol. The Labute approximate surface area is 124 Å². The first-order valence-electron chi connectivity index (χ1n) is 6.89. The zero-order valence-electron chi connectivity index (χ0n) is 12.4. The Hall–Kier alpha value is -1.67. The largest absolute Gasteiger partial charge is 0.339 e. The van der Waals surface area contributed by atoms with Crippen molar-refractivity contribution in [2.75, 3.05) is 6.54 Å². The monoisotopic (exact) mass is 309 g/mol. The SMILES string of the molecule is Cc1cn(C)c(C2CCCN2S(=O)(=O)c2cn(C)cn2)n1. The van der Waals surface area contributed by atoms with Gasteiger partial charge < -0.3 is 9.13 Å². The highest BCUT2D eigenvalue weighted by atomic mass is 32.2. The molecule has 2 aromatic heterocycles. The molecule has 0 bridgehead atoms. The van der Waals surface area contributed by atoms with E-state index in [9.17, 15) is 8.42 Å². The van der Waals surface area contributed by atoms with Crippen molar-refractivity contribution in [1.29, 1.82) is 0 Å². The fourth-order valence-electron chi connectivity index (χ4n) is 2.87. The maximum Gasteiger partial charge on any atom is 0.262 e. The van der Waals surface area contributed by atoms with Crippen LogP contribution in [0.2, 0.25) is 0 Å². The molecular formula is C13H19N5O2S. The van der Waals surface area contributed by atoms with Crippen molar-refractivity contribution in [2.45, 2.75) is 30.8 Å². The lowest BCUT2D eigenvalue weighted by atomic mass is 10.2. The third kappa shape index (κ3) is 2.38. The Balaban J connectivity index is 1.99. The summed E-state index contributed by atoms with van der Waals surface area (Å²) in [5.41, 5.74) is 0.898. The first kappa shape index (κ1) is 14.3. The fraction of sp³-hybridized carbons (Fsp3) is 0.538. The molecule has 1 unspecified atom stereocenters. The maximum absolute atomic E-state index is 12.8. The molecule has 7 nitrogen and oxygen atoms in total. The van der Waals surface area contributed by atoms with Gasteiger partial charge in [0.15, 0.2) is 5.03 Å². The summed E-state index contributed by atoms with van der Waals surface area (Å²) in [6, 6.07) is -0.212. The summed E-state index contributed by atoms with van der Waals surface area (Å²) in [7, 11) is 0.0869. The molecule has 2 aromatic rings. The zero-order valence-corrected chi connectivity index (χ0v) is 13.2. The van der Waals surface area contributed by atoms with Crippen molar-refractivity contribution >= 4 is 10.0 Å². The molecule has 3 rings (SSSR count). The lowest BCUT2D eigenvalue weighted by molar-refractivity contribution is 0.376. The molecule has 0 amide bonds. The number of sulfonamides is 1. The van der Waals surface area contributed by atoms with Crippen LogP contribution >= 0.6 is 0 Å². The van der Waals surface area contributed by atoms with E-state index in [1.165, 1.54) is 16.8 Å². The summed E-state index contributed by atoms with van der Waals surface area (Å²) in [5, 5.41) is 0.0998. The highest BCUT2D eigenvalue weighted by molar-refractivity contribution is 7.89. The van der Waals surface area contributed by atoms with Crippen molar-refractivity contribution in [3.63, 3.8) is 0 Å². The third-order valence-electron chi connectivity index (χ3n) is 3.79. The molecular weight excluding hydrogens is 290 g/mol. The first-order chi connectivity index (χ1) is 9.89. The van der Waals surface area contributed by atoms with Crippen LogP contribution < -0.4 is 0 Å². The van der Waals surface area contributed by atoms with E-state index in [2.05, 4.69) is 9.97 Å². The fourth-order valence-corrected chi connectivity index (χ4v) is 4.50. The smallest absolute Gasteiger partial charge is 0.262 e. The van der Waals surface area contributed by atoms with Crippen molar-refractivity contribution in [3.05, 3.63) is 30.2 Å². The molecule has 0 spiro atoms. The van der Waals surface area contributed by atoms with E-state index in [1.807, 2.05) is 24.7 Å². The number of rotatable bonds is 3. The topological polar surface area (TPSA) is 73.0 Å². The Morgan fingerprint density at radius 1 is 1.29 bits per heavy atom. The number of hydrogen-bond donors (Lipinski definition) is 0. The van der Waals surface area contributed by atoms with Gasteiger partial charge in [0, 0.05) is 33.0 Å². The number of aryl methyl sites for hydroxylation is 3. The van der Waals surface area contributed by atoms with Crippen molar-refractivity contribution in [3.8, 4) is 0 Å². The summed E-state index contributed by atoms with van der Waals surface area (Å²) in [6.07, 6.45) is 6.58. The van der Waals surface area contributed by atoms with Crippen molar-refractivity contribution in [1.82, 2.24) is 23.4 Å². The second kappa shape index (κ2) is 4.96. The van der Waals surface area contributed by atoms with Crippen molar-refractivity contribution in [2.24, 2.45) is 14.1 Å². The van der Waals surface area contributed by atoms with Gasteiger partial charge >= 0.3 is 0 Å². The van der Waals surface area contributed by atoms with Gasteiger partial charge in [0.2, 0.25) is 0 Å². The van der Waals surface area contributed by atoms with Crippen LogP contribution in [0.1, 0.15) is 30.4 Å². The van der Waals surface area contributed by atoms with Crippen molar-refractivity contribution < 1.29 is 8.42 Å². The van der Waals surface area contributed by atoms with Crippen LogP contribution in [0.15, 0.2) is 23.7 Å². The second-order valence-electron chi connectivity index (χ2n) is 5.50. The lowest BCUT2D eigenvalue weighted by Crippen LogP contribution is -2.32. The summed E-state index contributed by atoms with van der Waals surface area (Å²) < 4.78 is 30.6. The van der Waals surface area contributed by atoms with Gasteiger partial charge in [-0.3, -0.25) is 0 Å². The number of imidazole rings is 2. The van der Waals surface area contributed by atoms with E-state index >= 15 is 0 Å². The summed E-state index contributed by atoms with van der Waals surface area (Å²) in [5.74, 6) is 0.796. The van der Waals surface area contributed by atoms with E-state index in [-0.39, 0.29) is 11.1 Å². The molecule has 114 valence electrons. The second-order valence-corrected chi connectivity index (χ2v) is 7.34. The molecule has 21 heavy (non-hydrogen) atoms. The van der Waals surface area contributed by atoms with Gasteiger partial charge in [-0.2, -0.15) is 4.31 Å². The molecule has 1 aliphatic rings. The van der Waals surface area contributed by atoms with Crippen LogP contribution in [-0.4, -0.2) is 38.4 Å². The Bertz CT molecular complexity index is 761. The standard InChI is InChI=1S/C13H19N5O2S/c1-10-7-17(3)13(15-10)11-5-4-6-18(11)21(19,20)12-8-16(2)9-14-12/h7-9,11H,4-6H2,1-3H3. The van der Waals surface area contributed by atoms with Gasteiger partial charge in [-0.1, -0.05) is 0 Å². The highest BCUT2D eigenvalue weighted by Crippen LogP contribution is 2.35. The van der Waals surface area contributed by atoms with Crippen LogP contribution in [0.25, 0.3) is 0 Å². The van der Waals surface area contributed by atoms with Gasteiger partial charge in [-0.25, -0.2) is 18.4 Å². The minimum absolute atomic E-state index is 0.0998. The molecule has 8 heteroatoms. The molecule has 0 radical (unpaired) electrons. The molecule has 0 saturated carbocycles. The van der Waals surface area contributed by atoms with E-state index in [1.54, 1.807) is 11.6 Å². The third-order valence-corrected chi connectivity index (χ3v) is 5.58. The molecule has 0 aromatic carbocycles. The molecule has 3 heterocycles. The molecule has 1 aliphatic heterocycles. The van der Waals surface area contributed by atoms with Crippen LogP contribution in [0.5, 0.6) is 0 Å². The molecule has 1 saturated heterocycles. The summed E-state index contributed by atoms with van der Waals surface area (Å²) in [6.45, 7) is 2.42. The number of hydrogen-bond acceptors (Lipinski definition) is 4. The van der Waals surface area contributed by atoms with Crippen LogP contribution in [0.3, 0.4) is 0 Å². The average Bonchev–Trinajstić information content (AvgIpc) is 3.09. The van der Waals surface area contributed by atoms with Crippen LogP contribution in [0, 0.1) is 6.92 Å². The Morgan fingerprint density at radius 2 is 2.05 bits per heavy atom. The Morgan fingerprint density at radius 3 is 2.62 bits per heavy atom. The first-order valence-corrected chi connectivity index (χ1v) is 8.33. The predicted molar refractivity (Wildman–Crippen MR) is 77.0 cm³/mol. The number of nitrogens with zero attached hydrogens (tertiary/aromatic N) is 5. The molecule has 1 atom stereocenters. The minimum atomic E-state index is -3.57. The van der Waals surface area contributed by atoms with Gasteiger partial charge in [0.05, 0.1) is 18.1 Å². The van der Waals surface area contributed by atoms with Crippen LogP contribution in [0.4, 0.5) is 0 Å². The molecule has 1 fully saturated rings. The minimum Gasteiger partial charge on any atom is -0.339 e. The predicted octanol–water partition coefficient (Wildman–Crippen LogP) is 0.988. The normalized spacial score (nSPS) is 20.2. The summed E-state index contributed by atoms with van der Waals surface area (Å²) in [4.78, 5) is 8.48. The van der Waals surface area contributed by atoms with Gasteiger partial charge in [-0.05, 0) is 19.8 Å². The van der Waals surface area contributed by atoms with Gasteiger partial charge in [0.25, 0.3) is 10.0 Å². The van der Waals surface area contributed by atoms with Crippen LogP contribution in [-0.2, 0) is 24.1 Å². The van der Waals surface area contributed by atoms with E-state index in [0.29, 0.717) is 6.54 Å².